The molecule has 2 nitrogen and oxygen atoms in total. The van der Waals surface area contributed by atoms with Crippen molar-refractivity contribution in [2.75, 3.05) is 0 Å². The minimum Gasteiger partial charge on any atom is -0.228 e. The third-order valence-corrected chi connectivity index (χ3v) is 14.9. The lowest BCUT2D eigenvalue weighted by atomic mass is 9.84. The highest BCUT2D eigenvalue weighted by Crippen LogP contribution is 2.53. The van der Waals surface area contributed by atoms with E-state index in [1.54, 1.807) is 0 Å². The molecule has 0 amide bonds. The van der Waals surface area contributed by atoms with Crippen LogP contribution in [0.15, 0.2) is 223 Å². The summed E-state index contributed by atoms with van der Waals surface area (Å²) in [7, 11) is 0. The molecule has 0 spiro atoms. The summed E-state index contributed by atoms with van der Waals surface area (Å²) in [5.41, 5.74) is 15.5. The number of thiophene rings is 1. The number of hydrogen-bond acceptors (Lipinski definition) is 4. The molecule has 1 aliphatic heterocycles. The summed E-state index contributed by atoms with van der Waals surface area (Å²) in [5, 5.41) is 2.88. The van der Waals surface area contributed by atoms with Gasteiger partial charge in [0.15, 0.2) is 5.82 Å². The predicted molar refractivity (Wildman–Crippen MR) is 264 cm³/mol. The van der Waals surface area contributed by atoms with E-state index >= 15 is 0 Å². The zero-order valence-electron chi connectivity index (χ0n) is 33.7. The van der Waals surface area contributed by atoms with E-state index in [4.69, 9.17) is 9.97 Å². The van der Waals surface area contributed by atoms with Crippen LogP contribution in [0.2, 0.25) is 0 Å². The molecule has 0 saturated carbocycles. The number of rotatable bonds is 7. The van der Waals surface area contributed by atoms with E-state index < -0.39 is 0 Å². The maximum atomic E-state index is 5.72. The summed E-state index contributed by atoms with van der Waals surface area (Å²) in [6.07, 6.45) is 9.07. The molecule has 2 aromatic heterocycles. The van der Waals surface area contributed by atoms with Gasteiger partial charge in [-0.05, 0) is 68.8 Å². The Bertz CT molecular complexity index is 3390. The summed E-state index contributed by atoms with van der Waals surface area (Å²) in [6.45, 7) is 0. The second-order valence-corrected chi connectivity index (χ2v) is 18.2. The maximum absolute atomic E-state index is 5.72. The zero-order valence-corrected chi connectivity index (χ0v) is 35.3. The number of thioether (sulfide) groups is 1. The Morgan fingerprint density at radius 3 is 1.77 bits per heavy atom. The molecular weight excluding hydrogens is 789 g/mol. The molecular formula is C58H38N2S2. The SMILES string of the molecule is C1=CC2Sc3c(-c4cc(-c5cccc6c5sc5ccccc56)nc(-c5cc(-c6ccccc6)cc(-c6ccccc6)c5-c5ccccc5-c5ccccc5)n4)cccc3C2C=C1. The monoisotopic (exact) mass is 826 g/mol. The number of benzene rings is 8. The topological polar surface area (TPSA) is 25.8 Å². The Morgan fingerprint density at radius 1 is 0.403 bits per heavy atom. The molecule has 3 heterocycles. The predicted octanol–water partition coefficient (Wildman–Crippen LogP) is 16.2. The summed E-state index contributed by atoms with van der Waals surface area (Å²) >= 11 is 3.79. The van der Waals surface area contributed by atoms with Gasteiger partial charge in [-0.15, -0.1) is 23.1 Å². The Balaban J connectivity index is 1.19. The first-order valence-corrected chi connectivity index (χ1v) is 22.8. The maximum Gasteiger partial charge on any atom is 0.161 e. The van der Waals surface area contributed by atoms with Crippen LogP contribution in [0, 0.1) is 0 Å². The molecule has 62 heavy (non-hydrogen) atoms. The molecule has 4 heteroatoms. The van der Waals surface area contributed by atoms with Crippen molar-refractivity contribution < 1.29 is 0 Å². The molecule has 0 bridgehead atoms. The Kier molecular flexibility index (Phi) is 9.13. The molecule has 2 atom stereocenters. The van der Waals surface area contributed by atoms with Gasteiger partial charge in [0, 0.05) is 58.5 Å². The average Bonchev–Trinajstić information content (AvgIpc) is 3.93. The van der Waals surface area contributed by atoms with Crippen LogP contribution in [-0.4, -0.2) is 15.2 Å². The zero-order chi connectivity index (χ0) is 41.0. The van der Waals surface area contributed by atoms with Crippen LogP contribution in [0.25, 0.3) is 98.6 Å². The van der Waals surface area contributed by atoms with E-state index in [0.29, 0.717) is 17.0 Å². The fourth-order valence-corrected chi connectivity index (χ4v) is 12.1. The van der Waals surface area contributed by atoms with Crippen LogP contribution in [0.4, 0.5) is 0 Å². The van der Waals surface area contributed by atoms with Crippen molar-refractivity contribution in [3.8, 4) is 78.4 Å². The van der Waals surface area contributed by atoms with E-state index in [1.807, 2.05) is 23.1 Å². The van der Waals surface area contributed by atoms with Gasteiger partial charge in [0.25, 0.3) is 0 Å². The van der Waals surface area contributed by atoms with Crippen molar-refractivity contribution in [1.82, 2.24) is 9.97 Å². The molecule has 0 radical (unpaired) electrons. The van der Waals surface area contributed by atoms with E-state index in [-0.39, 0.29) is 0 Å². The number of fused-ring (bicyclic) bond motifs is 6. The quantitative estimate of drug-likeness (QED) is 0.160. The van der Waals surface area contributed by atoms with Crippen molar-refractivity contribution in [3.05, 3.63) is 224 Å². The minimum atomic E-state index is 0.338. The van der Waals surface area contributed by atoms with Crippen LogP contribution in [0.5, 0.6) is 0 Å². The number of nitrogens with zero attached hydrogens (tertiary/aromatic N) is 2. The van der Waals surface area contributed by atoms with Gasteiger partial charge < -0.3 is 0 Å². The Morgan fingerprint density at radius 2 is 0.984 bits per heavy atom. The first kappa shape index (κ1) is 36.7. The minimum absolute atomic E-state index is 0.338. The molecule has 292 valence electrons. The molecule has 0 fully saturated rings. The van der Waals surface area contributed by atoms with Crippen molar-refractivity contribution in [2.24, 2.45) is 0 Å². The first-order chi connectivity index (χ1) is 30.7. The Labute approximate surface area is 369 Å². The summed E-state index contributed by atoms with van der Waals surface area (Å²) in [4.78, 5) is 12.7. The molecule has 0 N–H and O–H groups in total. The second-order valence-electron chi connectivity index (χ2n) is 15.9. The van der Waals surface area contributed by atoms with Gasteiger partial charge in [-0.25, -0.2) is 9.97 Å². The highest BCUT2D eigenvalue weighted by atomic mass is 32.2. The van der Waals surface area contributed by atoms with E-state index in [1.165, 1.54) is 30.6 Å². The summed E-state index contributed by atoms with van der Waals surface area (Å²) < 4.78 is 2.50. The van der Waals surface area contributed by atoms with Gasteiger partial charge in [0.1, 0.15) is 0 Å². The third kappa shape index (κ3) is 6.34. The molecule has 12 rings (SSSR count). The van der Waals surface area contributed by atoms with Crippen molar-refractivity contribution >= 4 is 43.3 Å². The van der Waals surface area contributed by atoms with Crippen LogP contribution in [-0.2, 0) is 0 Å². The highest BCUT2D eigenvalue weighted by Gasteiger charge is 2.33. The third-order valence-electron chi connectivity index (χ3n) is 12.3. The van der Waals surface area contributed by atoms with Crippen molar-refractivity contribution in [1.29, 1.82) is 0 Å². The lowest BCUT2D eigenvalue weighted by Gasteiger charge is -2.21. The fraction of sp³-hybridized carbons (Fsp3) is 0.0345. The van der Waals surface area contributed by atoms with Gasteiger partial charge in [-0.3, -0.25) is 0 Å². The second kappa shape index (κ2) is 15.4. The van der Waals surface area contributed by atoms with Gasteiger partial charge in [0.05, 0.1) is 11.4 Å². The van der Waals surface area contributed by atoms with Gasteiger partial charge in [-0.2, -0.15) is 0 Å². The highest BCUT2D eigenvalue weighted by molar-refractivity contribution is 8.00. The van der Waals surface area contributed by atoms with Crippen LogP contribution in [0.3, 0.4) is 0 Å². The normalized spacial score (nSPS) is 15.2. The standard InChI is InChI=1S/C58H38N2S2/c1-4-18-37(19-5-1)40-34-49(39-22-8-3-9-23-39)55(44-27-11-10-24-41(44)38-20-6-2-7-21-38)50(35-40)58-59-51(47-30-16-28-45-42-25-12-14-32-53(42)61-56(45)47)36-52(60-58)48-31-17-29-46-43-26-13-15-33-54(43)62-57(46)48/h1-36,42,53H. The molecule has 10 aromatic rings. The first-order valence-electron chi connectivity index (χ1n) is 21.1. The smallest absolute Gasteiger partial charge is 0.161 e. The van der Waals surface area contributed by atoms with E-state index in [0.717, 1.165) is 72.6 Å². The van der Waals surface area contributed by atoms with Gasteiger partial charge in [0.2, 0.25) is 0 Å². The van der Waals surface area contributed by atoms with E-state index in [9.17, 15) is 0 Å². The largest absolute Gasteiger partial charge is 0.228 e. The van der Waals surface area contributed by atoms with Crippen LogP contribution in [0.1, 0.15) is 11.5 Å². The number of hydrogen-bond donors (Lipinski definition) is 0. The number of aromatic nitrogens is 2. The molecule has 1 aliphatic carbocycles. The molecule has 2 aliphatic rings. The summed E-state index contributed by atoms with van der Waals surface area (Å²) in [6, 6.07) is 70.1. The van der Waals surface area contributed by atoms with Crippen molar-refractivity contribution in [3.63, 3.8) is 0 Å². The average molecular weight is 827 g/mol. The lowest BCUT2D eigenvalue weighted by molar-refractivity contribution is 0.881. The molecule has 8 aromatic carbocycles. The van der Waals surface area contributed by atoms with Gasteiger partial charge in [-0.1, -0.05) is 194 Å². The fourth-order valence-electron chi connectivity index (χ4n) is 9.38. The van der Waals surface area contributed by atoms with E-state index in [2.05, 4.69) is 218 Å². The van der Waals surface area contributed by atoms with Gasteiger partial charge >= 0.3 is 0 Å². The number of allylic oxidation sites excluding steroid dienone is 3. The van der Waals surface area contributed by atoms with Crippen LogP contribution < -0.4 is 0 Å². The lowest BCUT2D eigenvalue weighted by Crippen LogP contribution is -2.06. The van der Waals surface area contributed by atoms with Crippen LogP contribution >= 0.6 is 23.1 Å². The van der Waals surface area contributed by atoms with Crippen molar-refractivity contribution in [2.45, 2.75) is 16.1 Å². The summed E-state index contributed by atoms with van der Waals surface area (Å²) in [5.74, 6) is 1.03. The molecule has 2 unspecified atom stereocenters. The Hall–Kier alpha value is -7.11. The molecule has 0 saturated heterocycles.